The quantitative estimate of drug-likeness (QED) is 0.397. The summed E-state index contributed by atoms with van der Waals surface area (Å²) in [4.78, 5) is 16.9. The van der Waals surface area contributed by atoms with Crippen molar-refractivity contribution in [3.05, 3.63) is 58.9 Å². The van der Waals surface area contributed by atoms with E-state index in [4.69, 9.17) is 26.1 Å². The third kappa shape index (κ3) is 6.27. The molecular weight excluding hydrogens is 438 g/mol. The minimum absolute atomic E-state index is 0.0326. The largest absolute Gasteiger partial charge is 0.492 e. The van der Waals surface area contributed by atoms with E-state index >= 15 is 0 Å². The van der Waals surface area contributed by atoms with Crippen LogP contribution in [0, 0.1) is 6.92 Å². The van der Waals surface area contributed by atoms with Gasteiger partial charge in [0.15, 0.2) is 0 Å². The molecule has 0 spiro atoms. The van der Waals surface area contributed by atoms with Crippen LogP contribution in [0.15, 0.2) is 42.5 Å². The first-order valence-corrected chi connectivity index (χ1v) is 12.2. The summed E-state index contributed by atoms with van der Waals surface area (Å²) in [5.74, 6) is 1.94. The molecule has 2 aromatic carbocycles. The van der Waals surface area contributed by atoms with E-state index < -0.39 is 0 Å². The van der Waals surface area contributed by atoms with E-state index in [1.807, 2.05) is 37.3 Å². The highest BCUT2D eigenvalue weighted by Gasteiger charge is 2.22. The van der Waals surface area contributed by atoms with Crippen LogP contribution in [0.4, 0.5) is 0 Å². The van der Waals surface area contributed by atoms with Crippen molar-refractivity contribution in [2.24, 2.45) is 0 Å². The summed E-state index contributed by atoms with van der Waals surface area (Å²) < 4.78 is 13.7. The Kier molecular flexibility index (Phi) is 8.24. The van der Waals surface area contributed by atoms with Gasteiger partial charge in [0.25, 0.3) is 0 Å². The predicted octanol–water partition coefficient (Wildman–Crippen LogP) is 5.09. The predicted molar refractivity (Wildman–Crippen MR) is 131 cm³/mol. The second-order valence-electron chi connectivity index (χ2n) is 8.53. The summed E-state index contributed by atoms with van der Waals surface area (Å²) in [6, 6.07) is 14.0. The van der Waals surface area contributed by atoms with Crippen molar-refractivity contribution in [1.82, 2.24) is 14.9 Å². The summed E-state index contributed by atoms with van der Waals surface area (Å²) in [5.41, 5.74) is 3.15. The molecule has 1 aromatic heterocycles. The molecule has 1 unspecified atom stereocenters. The number of carbonyl (C=O) groups is 1. The first kappa shape index (κ1) is 23.6. The Balaban J connectivity index is 1.27. The standard InChI is InChI=1S/C26H32ClN3O3/c1-19-18-20(12-13-21(19)27)32-17-15-30-23-9-5-4-8-22(23)29-25(30)11-3-2-6-14-28-26(31)24-10-7-16-33-24/h4-5,8-9,12-13,18,24H,2-3,6-7,10-11,14-17H2,1H3,(H,28,31). The lowest BCUT2D eigenvalue weighted by atomic mass is 10.2. The first-order valence-electron chi connectivity index (χ1n) is 11.8. The lowest BCUT2D eigenvalue weighted by Crippen LogP contribution is -2.34. The molecule has 6 nitrogen and oxygen atoms in total. The number of imidazole rings is 1. The van der Waals surface area contributed by atoms with Crippen LogP contribution in [0.2, 0.25) is 5.02 Å². The van der Waals surface area contributed by atoms with Crippen LogP contribution in [0.25, 0.3) is 11.0 Å². The van der Waals surface area contributed by atoms with Crippen molar-refractivity contribution in [2.75, 3.05) is 19.8 Å². The summed E-state index contributed by atoms with van der Waals surface area (Å²) in [6.07, 6.45) is 5.48. The zero-order valence-electron chi connectivity index (χ0n) is 19.2. The van der Waals surface area contributed by atoms with Crippen LogP contribution in [-0.2, 0) is 22.5 Å². The minimum Gasteiger partial charge on any atom is -0.492 e. The van der Waals surface area contributed by atoms with E-state index in [2.05, 4.69) is 22.0 Å². The highest BCUT2D eigenvalue weighted by molar-refractivity contribution is 6.31. The Morgan fingerprint density at radius 3 is 2.94 bits per heavy atom. The van der Waals surface area contributed by atoms with Crippen LogP contribution >= 0.6 is 11.6 Å². The summed E-state index contributed by atoms with van der Waals surface area (Å²) >= 11 is 6.11. The number of nitrogens with one attached hydrogen (secondary N) is 1. The average molecular weight is 470 g/mol. The number of halogens is 1. The Labute approximate surface area is 200 Å². The number of aryl methyl sites for hydroxylation is 2. The molecule has 2 heterocycles. The van der Waals surface area contributed by atoms with Crippen LogP contribution in [0.5, 0.6) is 5.75 Å². The third-order valence-electron chi connectivity index (χ3n) is 6.05. The molecule has 176 valence electrons. The maximum atomic E-state index is 12.0. The number of unbranched alkanes of at least 4 members (excludes halogenated alkanes) is 2. The second kappa shape index (κ2) is 11.5. The molecule has 1 saturated heterocycles. The molecule has 0 aliphatic carbocycles. The zero-order chi connectivity index (χ0) is 23.0. The van der Waals surface area contributed by atoms with Gasteiger partial charge >= 0.3 is 0 Å². The van der Waals surface area contributed by atoms with E-state index in [0.717, 1.165) is 78.3 Å². The molecule has 7 heteroatoms. The maximum absolute atomic E-state index is 12.0. The molecular formula is C26H32ClN3O3. The van der Waals surface area contributed by atoms with Gasteiger partial charge in [-0.25, -0.2) is 4.98 Å². The summed E-state index contributed by atoms with van der Waals surface area (Å²) in [5, 5.41) is 3.74. The highest BCUT2D eigenvalue weighted by Crippen LogP contribution is 2.22. The minimum atomic E-state index is -0.246. The number of ether oxygens (including phenoxy) is 2. The van der Waals surface area contributed by atoms with Crippen molar-refractivity contribution in [1.29, 1.82) is 0 Å². The molecule has 0 saturated carbocycles. The van der Waals surface area contributed by atoms with Gasteiger partial charge in [-0.2, -0.15) is 0 Å². The lowest BCUT2D eigenvalue weighted by Gasteiger charge is -2.12. The Bertz CT molecular complexity index is 1080. The Hall–Kier alpha value is -2.57. The smallest absolute Gasteiger partial charge is 0.249 e. The molecule has 1 amide bonds. The van der Waals surface area contributed by atoms with Gasteiger partial charge < -0.3 is 19.4 Å². The Morgan fingerprint density at radius 1 is 1.24 bits per heavy atom. The first-order chi connectivity index (χ1) is 16.1. The Morgan fingerprint density at radius 2 is 2.12 bits per heavy atom. The molecule has 0 radical (unpaired) electrons. The van der Waals surface area contributed by atoms with Crippen LogP contribution in [0.3, 0.4) is 0 Å². The van der Waals surface area contributed by atoms with Gasteiger partial charge in [0.05, 0.1) is 17.6 Å². The van der Waals surface area contributed by atoms with Crippen molar-refractivity contribution >= 4 is 28.5 Å². The van der Waals surface area contributed by atoms with Crippen LogP contribution in [0.1, 0.15) is 43.5 Å². The normalized spacial score (nSPS) is 15.8. The van der Waals surface area contributed by atoms with E-state index in [1.165, 1.54) is 0 Å². The molecule has 1 atom stereocenters. The number of amides is 1. The molecule has 1 N–H and O–H groups in total. The topological polar surface area (TPSA) is 65.4 Å². The maximum Gasteiger partial charge on any atom is 0.249 e. The highest BCUT2D eigenvalue weighted by atomic mass is 35.5. The van der Waals surface area contributed by atoms with Gasteiger partial charge in [0.2, 0.25) is 5.91 Å². The number of aromatic nitrogens is 2. The number of fused-ring (bicyclic) bond motifs is 1. The molecule has 1 aliphatic heterocycles. The summed E-state index contributed by atoms with van der Waals surface area (Å²) in [7, 11) is 0. The fraction of sp³-hybridized carbons (Fsp3) is 0.462. The van der Waals surface area contributed by atoms with Crippen molar-refractivity contribution in [2.45, 2.75) is 58.1 Å². The summed E-state index contributed by atoms with van der Waals surface area (Å²) in [6.45, 7) is 4.66. The van der Waals surface area contributed by atoms with Crippen molar-refractivity contribution in [3.8, 4) is 5.75 Å². The van der Waals surface area contributed by atoms with Gasteiger partial charge in [0.1, 0.15) is 24.3 Å². The molecule has 33 heavy (non-hydrogen) atoms. The van der Waals surface area contributed by atoms with Gasteiger partial charge in [-0.3, -0.25) is 4.79 Å². The SMILES string of the molecule is Cc1cc(OCCn2c(CCCCCNC(=O)C3CCCO3)nc3ccccc32)ccc1Cl. The van der Waals surface area contributed by atoms with Crippen LogP contribution < -0.4 is 10.1 Å². The van der Waals surface area contributed by atoms with Gasteiger partial charge in [-0.1, -0.05) is 30.2 Å². The molecule has 1 fully saturated rings. The van der Waals surface area contributed by atoms with Gasteiger partial charge in [-0.05, 0) is 68.5 Å². The number of nitrogens with zero attached hydrogens (tertiary/aromatic N) is 2. The monoisotopic (exact) mass is 469 g/mol. The van der Waals surface area contributed by atoms with E-state index in [9.17, 15) is 4.79 Å². The molecule has 3 aromatic rings. The fourth-order valence-corrected chi connectivity index (χ4v) is 4.34. The van der Waals surface area contributed by atoms with Crippen molar-refractivity contribution in [3.63, 3.8) is 0 Å². The fourth-order valence-electron chi connectivity index (χ4n) is 4.22. The van der Waals surface area contributed by atoms with Gasteiger partial charge in [0, 0.05) is 24.6 Å². The second-order valence-corrected chi connectivity index (χ2v) is 8.94. The number of hydrogen-bond donors (Lipinski definition) is 1. The van der Waals surface area contributed by atoms with Gasteiger partial charge in [-0.15, -0.1) is 0 Å². The average Bonchev–Trinajstić information content (AvgIpc) is 3.47. The van der Waals surface area contributed by atoms with Crippen molar-refractivity contribution < 1.29 is 14.3 Å². The number of rotatable bonds is 11. The molecule has 0 bridgehead atoms. The number of para-hydroxylation sites is 2. The van der Waals surface area contributed by atoms with Crippen LogP contribution in [-0.4, -0.2) is 41.3 Å². The molecule has 1 aliphatic rings. The van der Waals surface area contributed by atoms with E-state index in [1.54, 1.807) is 0 Å². The lowest BCUT2D eigenvalue weighted by molar-refractivity contribution is -0.130. The number of hydrogen-bond acceptors (Lipinski definition) is 4. The number of benzene rings is 2. The molecule has 4 rings (SSSR count). The van der Waals surface area contributed by atoms with E-state index in [-0.39, 0.29) is 12.0 Å². The number of carbonyl (C=O) groups excluding carboxylic acids is 1. The zero-order valence-corrected chi connectivity index (χ0v) is 19.9. The van der Waals surface area contributed by atoms with E-state index in [0.29, 0.717) is 19.8 Å². The third-order valence-corrected chi connectivity index (χ3v) is 6.47.